The maximum atomic E-state index is 13.3. The Morgan fingerprint density at radius 3 is 2.74 bits per heavy atom. The van der Waals surface area contributed by atoms with Gasteiger partial charge in [0, 0.05) is 10.9 Å². The lowest BCUT2D eigenvalue weighted by Gasteiger charge is -2.14. The normalized spacial score (nSPS) is 11.8. The Hall–Kier alpha value is -2.73. The van der Waals surface area contributed by atoms with Crippen molar-refractivity contribution in [2.24, 2.45) is 0 Å². The number of carbonyl (C=O) groups excluding carboxylic acids is 1. The van der Waals surface area contributed by atoms with Gasteiger partial charge in [0.25, 0.3) is 0 Å². The molecule has 0 spiro atoms. The van der Waals surface area contributed by atoms with E-state index in [0.29, 0.717) is 12.3 Å². The summed E-state index contributed by atoms with van der Waals surface area (Å²) in [6.07, 6.45) is 0.188. The highest BCUT2D eigenvalue weighted by Crippen LogP contribution is 2.26. The van der Waals surface area contributed by atoms with Crippen molar-refractivity contribution in [1.29, 1.82) is 0 Å². The summed E-state index contributed by atoms with van der Waals surface area (Å²) in [5.74, 6) is 0.368. The van der Waals surface area contributed by atoms with Crippen LogP contribution in [0.25, 0.3) is 10.6 Å². The molecule has 0 bridgehead atoms. The summed E-state index contributed by atoms with van der Waals surface area (Å²) in [5, 5.41) is 5.63. The van der Waals surface area contributed by atoms with E-state index in [4.69, 9.17) is 4.74 Å². The van der Waals surface area contributed by atoms with Gasteiger partial charge < -0.3 is 10.1 Å². The van der Waals surface area contributed by atoms with E-state index in [-0.39, 0.29) is 24.2 Å². The van der Waals surface area contributed by atoms with Crippen LogP contribution in [0.3, 0.4) is 0 Å². The van der Waals surface area contributed by atoms with Gasteiger partial charge in [0.1, 0.15) is 16.6 Å². The highest BCUT2D eigenvalue weighted by Gasteiger charge is 2.13. The summed E-state index contributed by atoms with van der Waals surface area (Å²) < 4.78 is 18.8. The second-order valence-electron chi connectivity index (χ2n) is 6.12. The fourth-order valence-corrected chi connectivity index (χ4v) is 3.52. The maximum Gasteiger partial charge on any atom is 0.226 e. The molecule has 2 aromatic carbocycles. The lowest BCUT2D eigenvalue weighted by Crippen LogP contribution is -2.28. The van der Waals surface area contributed by atoms with E-state index in [1.807, 2.05) is 43.5 Å². The predicted molar refractivity (Wildman–Crippen MR) is 105 cm³/mol. The molecule has 140 valence electrons. The molecule has 1 N–H and O–H groups in total. The van der Waals surface area contributed by atoms with Gasteiger partial charge in [-0.2, -0.15) is 0 Å². The number of rotatable bonds is 7. The third kappa shape index (κ3) is 5.14. The van der Waals surface area contributed by atoms with Crippen LogP contribution in [0.4, 0.5) is 4.39 Å². The van der Waals surface area contributed by atoms with Crippen molar-refractivity contribution in [3.8, 4) is 16.3 Å². The van der Waals surface area contributed by atoms with Crippen LogP contribution in [0.5, 0.6) is 5.75 Å². The number of hydrogen-bond donors (Lipinski definition) is 1. The molecule has 4 nitrogen and oxygen atoms in total. The Morgan fingerprint density at radius 1 is 1.26 bits per heavy atom. The Balaban J connectivity index is 1.60. The van der Waals surface area contributed by atoms with E-state index >= 15 is 0 Å². The monoisotopic (exact) mass is 384 g/mol. The van der Waals surface area contributed by atoms with E-state index in [9.17, 15) is 9.18 Å². The number of hydrogen-bond acceptors (Lipinski definition) is 4. The minimum atomic E-state index is -0.312. The largest absolute Gasteiger partial charge is 0.494 e. The molecule has 3 aromatic rings. The fraction of sp³-hybridized carbons (Fsp3) is 0.238. The standard InChI is InChI=1S/C21H21FN2O2S/c1-3-26-19-9-7-15(8-10-19)21-24-18(13-27-21)12-20(25)23-14(2)16-5-4-6-17(22)11-16/h4-11,13-14H,3,12H2,1-2H3,(H,23,25). The maximum absolute atomic E-state index is 13.3. The van der Waals surface area contributed by atoms with Crippen LogP contribution in [-0.4, -0.2) is 17.5 Å². The lowest BCUT2D eigenvalue weighted by atomic mass is 10.1. The van der Waals surface area contributed by atoms with Crippen molar-refractivity contribution in [1.82, 2.24) is 10.3 Å². The molecule has 1 atom stereocenters. The van der Waals surface area contributed by atoms with E-state index in [0.717, 1.165) is 21.9 Å². The van der Waals surface area contributed by atoms with E-state index in [1.54, 1.807) is 12.1 Å². The molecule has 0 saturated heterocycles. The molecular weight excluding hydrogens is 363 g/mol. The summed E-state index contributed by atoms with van der Waals surface area (Å²) in [7, 11) is 0. The van der Waals surface area contributed by atoms with Crippen molar-refractivity contribution < 1.29 is 13.9 Å². The number of aromatic nitrogens is 1. The van der Waals surface area contributed by atoms with Crippen LogP contribution in [-0.2, 0) is 11.2 Å². The number of nitrogens with zero attached hydrogens (tertiary/aromatic N) is 1. The van der Waals surface area contributed by atoms with Gasteiger partial charge in [0.15, 0.2) is 0 Å². The summed E-state index contributed by atoms with van der Waals surface area (Å²) in [6.45, 7) is 4.41. The first-order valence-corrected chi connectivity index (χ1v) is 9.65. The molecule has 1 amide bonds. The smallest absolute Gasteiger partial charge is 0.226 e. The summed E-state index contributed by atoms with van der Waals surface area (Å²) >= 11 is 1.50. The first kappa shape index (κ1) is 19.0. The number of benzene rings is 2. The predicted octanol–water partition coefficient (Wildman–Crippen LogP) is 4.77. The third-order valence-corrected chi connectivity index (χ3v) is 4.97. The second kappa shape index (κ2) is 8.77. The van der Waals surface area contributed by atoms with Crippen LogP contribution in [0, 0.1) is 5.82 Å². The molecule has 0 aliphatic heterocycles. The van der Waals surface area contributed by atoms with Gasteiger partial charge in [-0.15, -0.1) is 11.3 Å². The Morgan fingerprint density at radius 2 is 2.04 bits per heavy atom. The lowest BCUT2D eigenvalue weighted by molar-refractivity contribution is -0.121. The molecule has 3 rings (SSSR count). The summed E-state index contributed by atoms with van der Waals surface area (Å²) in [5.41, 5.74) is 2.44. The van der Waals surface area contributed by atoms with Gasteiger partial charge in [0.2, 0.25) is 5.91 Å². The minimum absolute atomic E-state index is 0.143. The molecule has 6 heteroatoms. The Bertz CT molecular complexity index is 909. The molecule has 1 unspecified atom stereocenters. The Kier molecular flexibility index (Phi) is 6.19. The minimum Gasteiger partial charge on any atom is -0.494 e. The molecule has 27 heavy (non-hydrogen) atoms. The van der Waals surface area contributed by atoms with Gasteiger partial charge >= 0.3 is 0 Å². The quantitative estimate of drug-likeness (QED) is 0.638. The van der Waals surface area contributed by atoms with Crippen LogP contribution in [0.1, 0.15) is 31.1 Å². The van der Waals surface area contributed by atoms with Gasteiger partial charge in [-0.1, -0.05) is 12.1 Å². The Labute approximate surface area is 162 Å². The van der Waals surface area contributed by atoms with Crippen molar-refractivity contribution in [3.05, 3.63) is 71.0 Å². The number of halogens is 1. The number of thiazole rings is 1. The van der Waals surface area contributed by atoms with Gasteiger partial charge in [-0.25, -0.2) is 9.37 Å². The average Bonchev–Trinajstić information content (AvgIpc) is 3.11. The van der Waals surface area contributed by atoms with E-state index in [1.165, 1.54) is 23.5 Å². The third-order valence-electron chi connectivity index (χ3n) is 4.03. The van der Waals surface area contributed by atoms with E-state index in [2.05, 4.69) is 10.3 Å². The molecule has 0 radical (unpaired) electrons. The van der Waals surface area contributed by atoms with E-state index < -0.39 is 0 Å². The average molecular weight is 384 g/mol. The first-order valence-electron chi connectivity index (χ1n) is 8.77. The van der Waals surface area contributed by atoms with Gasteiger partial charge in [-0.05, 0) is 55.8 Å². The topological polar surface area (TPSA) is 51.2 Å². The molecule has 0 fully saturated rings. The van der Waals surface area contributed by atoms with Crippen molar-refractivity contribution in [2.75, 3.05) is 6.61 Å². The number of ether oxygens (including phenoxy) is 1. The van der Waals surface area contributed by atoms with Gasteiger partial charge in [-0.3, -0.25) is 4.79 Å². The zero-order valence-corrected chi connectivity index (χ0v) is 16.1. The highest BCUT2D eigenvalue weighted by molar-refractivity contribution is 7.13. The molecular formula is C21H21FN2O2S. The van der Waals surface area contributed by atoms with Gasteiger partial charge in [0.05, 0.1) is 24.8 Å². The molecule has 1 aromatic heterocycles. The number of nitrogens with one attached hydrogen (secondary N) is 1. The zero-order valence-electron chi connectivity index (χ0n) is 15.2. The van der Waals surface area contributed by atoms with Crippen molar-refractivity contribution >= 4 is 17.2 Å². The summed E-state index contributed by atoms with van der Waals surface area (Å²) in [4.78, 5) is 16.8. The number of amides is 1. The molecule has 0 aliphatic rings. The van der Waals surface area contributed by atoms with Crippen LogP contribution in [0.2, 0.25) is 0 Å². The molecule has 1 heterocycles. The first-order chi connectivity index (χ1) is 13.0. The summed E-state index contributed by atoms with van der Waals surface area (Å²) in [6, 6.07) is 13.7. The second-order valence-corrected chi connectivity index (χ2v) is 6.98. The number of carbonyl (C=O) groups is 1. The van der Waals surface area contributed by atoms with Crippen molar-refractivity contribution in [2.45, 2.75) is 26.3 Å². The highest BCUT2D eigenvalue weighted by atomic mass is 32.1. The SMILES string of the molecule is CCOc1ccc(-c2nc(CC(=O)NC(C)c3cccc(F)c3)cs2)cc1. The molecule has 0 aliphatic carbocycles. The van der Waals surface area contributed by atoms with Crippen LogP contribution < -0.4 is 10.1 Å². The fourth-order valence-electron chi connectivity index (χ4n) is 2.70. The van der Waals surface area contributed by atoms with Crippen LogP contribution >= 0.6 is 11.3 Å². The molecule has 0 saturated carbocycles. The van der Waals surface area contributed by atoms with Crippen LogP contribution in [0.15, 0.2) is 53.9 Å². The zero-order chi connectivity index (χ0) is 19.2. The van der Waals surface area contributed by atoms with Crippen molar-refractivity contribution in [3.63, 3.8) is 0 Å².